The average molecular weight is 308 g/mol. The Hall–Kier alpha value is -3.22. The second-order valence-corrected chi connectivity index (χ2v) is 4.87. The Morgan fingerprint density at radius 1 is 1.09 bits per heavy atom. The number of imidazole rings is 1. The van der Waals surface area contributed by atoms with Crippen molar-refractivity contribution in [3.8, 4) is 5.95 Å². The van der Waals surface area contributed by atoms with Crippen LogP contribution >= 0.6 is 0 Å². The molecule has 1 aromatic carbocycles. The molecule has 0 aliphatic carbocycles. The minimum absolute atomic E-state index is 0.340. The SMILES string of the molecule is CCc1ccc(NC(=O)Nc2cnc(-n3ccnc3)nc2)cc1. The zero-order valence-corrected chi connectivity index (χ0v) is 12.6. The maximum atomic E-state index is 12.0. The molecule has 3 aromatic rings. The molecule has 0 unspecified atom stereocenters. The molecule has 0 aliphatic heterocycles. The van der Waals surface area contributed by atoms with Gasteiger partial charge < -0.3 is 10.6 Å². The first-order chi connectivity index (χ1) is 11.2. The maximum Gasteiger partial charge on any atom is 0.323 e. The Labute approximate surface area is 133 Å². The lowest BCUT2D eigenvalue weighted by molar-refractivity contribution is 0.262. The molecule has 0 aliphatic rings. The van der Waals surface area contributed by atoms with Crippen molar-refractivity contribution >= 4 is 17.4 Å². The number of aromatic nitrogens is 4. The molecule has 2 heterocycles. The number of carbonyl (C=O) groups is 1. The topological polar surface area (TPSA) is 84.7 Å². The van der Waals surface area contributed by atoms with Crippen LogP contribution in [0.2, 0.25) is 0 Å². The summed E-state index contributed by atoms with van der Waals surface area (Å²) in [5.74, 6) is 0.489. The number of urea groups is 1. The lowest BCUT2D eigenvalue weighted by Gasteiger charge is -2.08. The monoisotopic (exact) mass is 308 g/mol. The van der Waals surface area contributed by atoms with Crippen LogP contribution in [-0.4, -0.2) is 25.6 Å². The summed E-state index contributed by atoms with van der Waals surface area (Å²) in [6.07, 6.45) is 9.05. The number of nitrogens with zero attached hydrogens (tertiary/aromatic N) is 4. The van der Waals surface area contributed by atoms with Gasteiger partial charge in [0.1, 0.15) is 6.33 Å². The molecule has 0 bridgehead atoms. The minimum Gasteiger partial charge on any atom is -0.308 e. The molecule has 7 heteroatoms. The van der Waals surface area contributed by atoms with Crippen molar-refractivity contribution in [2.75, 3.05) is 10.6 Å². The molecule has 0 saturated carbocycles. The number of hydrogen-bond acceptors (Lipinski definition) is 4. The van der Waals surface area contributed by atoms with Crippen molar-refractivity contribution < 1.29 is 4.79 Å². The summed E-state index contributed by atoms with van der Waals surface area (Å²) < 4.78 is 1.68. The Morgan fingerprint density at radius 2 is 1.78 bits per heavy atom. The Bertz CT molecular complexity index is 765. The Balaban J connectivity index is 1.61. The standard InChI is InChI=1S/C16H16N6O/c1-2-12-3-5-13(6-4-12)20-16(23)21-14-9-18-15(19-10-14)22-8-7-17-11-22/h3-11H,2H2,1H3,(H2,20,21,23). The number of nitrogens with one attached hydrogen (secondary N) is 2. The first-order valence-corrected chi connectivity index (χ1v) is 7.22. The van der Waals surface area contributed by atoms with Crippen LogP contribution in [0.25, 0.3) is 5.95 Å². The smallest absolute Gasteiger partial charge is 0.308 e. The van der Waals surface area contributed by atoms with E-state index in [9.17, 15) is 4.79 Å². The van der Waals surface area contributed by atoms with Crippen LogP contribution in [0.4, 0.5) is 16.2 Å². The molecule has 2 amide bonds. The van der Waals surface area contributed by atoms with Crippen LogP contribution in [0, 0.1) is 0 Å². The molecular formula is C16H16N6O. The predicted molar refractivity (Wildman–Crippen MR) is 87.6 cm³/mol. The van der Waals surface area contributed by atoms with Crippen LogP contribution in [0.15, 0.2) is 55.4 Å². The fourth-order valence-corrected chi connectivity index (χ4v) is 2.01. The summed E-state index contributed by atoms with van der Waals surface area (Å²) in [7, 11) is 0. The highest BCUT2D eigenvalue weighted by Gasteiger charge is 2.05. The normalized spacial score (nSPS) is 10.3. The van der Waals surface area contributed by atoms with E-state index >= 15 is 0 Å². The molecule has 0 spiro atoms. The van der Waals surface area contributed by atoms with Gasteiger partial charge in [0.2, 0.25) is 5.95 Å². The van der Waals surface area contributed by atoms with Crippen molar-refractivity contribution in [3.63, 3.8) is 0 Å². The van der Waals surface area contributed by atoms with Crippen LogP contribution in [-0.2, 0) is 6.42 Å². The van der Waals surface area contributed by atoms with E-state index in [2.05, 4.69) is 32.5 Å². The summed E-state index contributed by atoms with van der Waals surface area (Å²) in [6, 6.07) is 7.37. The zero-order chi connectivity index (χ0) is 16.1. The van der Waals surface area contributed by atoms with E-state index in [0.29, 0.717) is 11.6 Å². The molecule has 0 saturated heterocycles. The van der Waals surface area contributed by atoms with Crippen molar-refractivity contribution in [1.29, 1.82) is 0 Å². The van der Waals surface area contributed by atoms with E-state index in [1.165, 1.54) is 5.56 Å². The third kappa shape index (κ3) is 3.70. The summed E-state index contributed by atoms with van der Waals surface area (Å²) in [6.45, 7) is 2.09. The van der Waals surface area contributed by atoms with Crippen LogP contribution in [0.5, 0.6) is 0 Å². The highest BCUT2D eigenvalue weighted by molar-refractivity contribution is 5.99. The largest absolute Gasteiger partial charge is 0.323 e. The summed E-state index contributed by atoms with van der Waals surface area (Å²) in [5, 5.41) is 5.45. The molecule has 7 nitrogen and oxygen atoms in total. The molecule has 0 atom stereocenters. The number of rotatable bonds is 4. The first-order valence-electron chi connectivity index (χ1n) is 7.22. The molecule has 0 fully saturated rings. The van der Waals surface area contributed by atoms with E-state index in [4.69, 9.17) is 0 Å². The molecule has 2 aromatic heterocycles. The van der Waals surface area contributed by atoms with E-state index in [1.807, 2.05) is 24.3 Å². The van der Waals surface area contributed by atoms with Gasteiger partial charge in [0.15, 0.2) is 0 Å². The highest BCUT2D eigenvalue weighted by atomic mass is 16.2. The summed E-state index contributed by atoms with van der Waals surface area (Å²) in [4.78, 5) is 24.2. The van der Waals surface area contributed by atoms with E-state index in [-0.39, 0.29) is 6.03 Å². The van der Waals surface area contributed by atoms with Crippen LogP contribution in [0.1, 0.15) is 12.5 Å². The number of benzene rings is 1. The summed E-state index contributed by atoms with van der Waals surface area (Å²) >= 11 is 0. The van der Waals surface area contributed by atoms with Gasteiger partial charge >= 0.3 is 6.03 Å². The molecule has 2 N–H and O–H groups in total. The third-order valence-electron chi connectivity index (χ3n) is 3.25. The molecule has 0 radical (unpaired) electrons. The van der Waals surface area contributed by atoms with Crippen molar-refractivity contribution in [1.82, 2.24) is 19.5 Å². The van der Waals surface area contributed by atoms with Gasteiger partial charge in [0, 0.05) is 18.1 Å². The molecule has 116 valence electrons. The number of carbonyl (C=O) groups excluding carboxylic acids is 1. The van der Waals surface area contributed by atoms with E-state index in [0.717, 1.165) is 12.1 Å². The minimum atomic E-state index is -0.340. The summed E-state index contributed by atoms with van der Waals surface area (Å²) in [5.41, 5.74) is 2.46. The lowest BCUT2D eigenvalue weighted by Crippen LogP contribution is -2.19. The Morgan fingerprint density at radius 3 is 2.39 bits per heavy atom. The van der Waals surface area contributed by atoms with Gasteiger partial charge in [-0.1, -0.05) is 19.1 Å². The van der Waals surface area contributed by atoms with E-state index in [1.54, 1.807) is 35.7 Å². The van der Waals surface area contributed by atoms with Gasteiger partial charge in [-0.15, -0.1) is 0 Å². The van der Waals surface area contributed by atoms with Gasteiger partial charge in [-0.25, -0.2) is 19.7 Å². The fraction of sp³-hybridized carbons (Fsp3) is 0.125. The number of hydrogen-bond donors (Lipinski definition) is 2. The second kappa shape index (κ2) is 6.69. The van der Waals surface area contributed by atoms with Crippen LogP contribution < -0.4 is 10.6 Å². The van der Waals surface area contributed by atoms with Crippen molar-refractivity contribution in [3.05, 3.63) is 60.9 Å². The van der Waals surface area contributed by atoms with Gasteiger partial charge in [-0.3, -0.25) is 4.57 Å². The van der Waals surface area contributed by atoms with Gasteiger partial charge in [0.25, 0.3) is 0 Å². The fourth-order valence-electron chi connectivity index (χ4n) is 2.01. The lowest BCUT2D eigenvalue weighted by atomic mass is 10.1. The zero-order valence-electron chi connectivity index (χ0n) is 12.6. The van der Waals surface area contributed by atoms with Gasteiger partial charge in [-0.05, 0) is 24.1 Å². The molecule has 23 heavy (non-hydrogen) atoms. The maximum absolute atomic E-state index is 12.0. The third-order valence-corrected chi connectivity index (χ3v) is 3.25. The predicted octanol–water partition coefficient (Wildman–Crippen LogP) is 2.87. The second-order valence-electron chi connectivity index (χ2n) is 4.87. The Kier molecular flexibility index (Phi) is 4.28. The van der Waals surface area contributed by atoms with E-state index < -0.39 is 0 Å². The van der Waals surface area contributed by atoms with Crippen LogP contribution in [0.3, 0.4) is 0 Å². The number of aryl methyl sites for hydroxylation is 1. The van der Waals surface area contributed by atoms with Crippen molar-refractivity contribution in [2.45, 2.75) is 13.3 Å². The number of amides is 2. The average Bonchev–Trinajstić information content (AvgIpc) is 3.11. The number of anilines is 2. The first kappa shape index (κ1) is 14.7. The highest BCUT2D eigenvalue weighted by Crippen LogP contribution is 2.11. The van der Waals surface area contributed by atoms with Gasteiger partial charge in [-0.2, -0.15) is 0 Å². The van der Waals surface area contributed by atoms with Gasteiger partial charge in [0.05, 0.1) is 18.1 Å². The quantitative estimate of drug-likeness (QED) is 0.776. The van der Waals surface area contributed by atoms with Crippen molar-refractivity contribution in [2.24, 2.45) is 0 Å². The molecule has 3 rings (SSSR count). The molecular weight excluding hydrogens is 292 g/mol.